The predicted octanol–water partition coefficient (Wildman–Crippen LogP) is 2.69. The summed E-state index contributed by atoms with van der Waals surface area (Å²) in [5.74, 6) is 1.12. The highest BCUT2D eigenvalue weighted by atomic mass is 16.5. The second-order valence-corrected chi connectivity index (χ2v) is 6.38. The van der Waals surface area contributed by atoms with E-state index in [9.17, 15) is 0 Å². The summed E-state index contributed by atoms with van der Waals surface area (Å²) < 4.78 is 11.2. The van der Waals surface area contributed by atoms with Crippen molar-refractivity contribution >= 4 is 0 Å². The van der Waals surface area contributed by atoms with Crippen molar-refractivity contribution in [3.05, 3.63) is 40.8 Å². The Bertz CT molecular complexity index is 634. The fourth-order valence-electron chi connectivity index (χ4n) is 3.40. The van der Waals surface area contributed by atoms with Crippen LogP contribution in [0.15, 0.2) is 18.3 Å². The Labute approximate surface area is 143 Å². The molecule has 3 rings (SSSR count). The molecule has 2 aromatic heterocycles. The molecule has 0 spiro atoms. The summed E-state index contributed by atoms with van der Waals surface area (Å²) in [6, 6.07) is 3.99. The van der Waals surface area contributed by atoms with Gasteiger partial charge in [-0.1, -0.05) is 0 Å². The minimum Gasteiger partial charge on any atom is -0.481 e. The van der Waals surface area contributed by atoms with Gasteiger partial charge >= 0.3 is 0 Å². The number of hydrogen-bond acceptors (Lipinski definition) is 5. The molecule has 6 heteroatoms. The molecule has 0 amide bonds. The molecule has 0 unspecified atom stereocenters. The van der Waals surface area contributed by atoms with Crippen LogP contribution in [0.4, 0.5) is 0 Å². The lowest BCUT2D eigenvalue weighted by molar-refractivity contribution is -0.0303. The van der Waals surface area contributed by atoms with Crippen molar-refractivity contribution in [1.29, 1.82) is 0 Å². The normalized spacial score (nSPS) is 21.0. The monoisotopic (exact) mass is 330 g/mol. The van der Waals surface area contributed by atoms with Crippen LogP contribution in [0.1, 0.15) is 41.5 Å². The number of ether oxygens (including phenoxy) is 2. The van der Waals surface area contributed by atoms with Crippen LogP contribution in [0.25, 0.3) is 0 Å². The standard InChI is InChI=1S/C18H26N4O2/c1-12-9-17(23-3)21-13(2)15(12)11-19-10-14-5-4-8-24-18(14)16-6-7-20-22-16/h6-7,9,14,18-19H,4-5,8,10-11H2,1-3H3,(H,20,22)/t14-,18+/m0/s1. The number of H-pyrrole nitrogens is 1. The number of nitrogens with zero attached hydrogens (tertiary/aromatic N) is 2. The Morgan fingerprint density at radius 3 is 3.00 bits per heavy atom. The van der Waals surface area contributed by atoms with Gasteiger partial charge in [0.05, 0.1) is 12.8 Å². The minimum absolute atomic E-state index is 0.102. The van der Waals surface area contributed by atoms with Gasteiger partial charge in [-0.3, -0.25) is 5.10 Å². The lowest BCUT2D eigenvalue weighted by atomic mass is 9.92. The highest BCUT2D eigenvalue weighted by Gasteiger charge is 2.28. The van der Waals surface area contributed by atoms with Crippen LogP contribution in [0.3, 0.4) is 0 Å². The van der Waals surface area contributed by atoms with Crippen LogP contribution >= 0.6 is 0 Å². The molecular weight excluding hydrogens is 304 g/mol. The zero-order valence-electron chi connectivity index (χ0n) is 14.6. The number of aryl methyl sites for hydroxylation is 2. The molecule has 24 heavy (non-hydrogen) atoms. The summed E-state index contributed by atoms with van der Waals surface area (Å²) in [4.78, 5) is 4.47. The highest BCUT2D eigenvalue weighted by molar-refractivity contribution is 5.33. The number of nitrogens with one attached hydrogen (secondary N) is 2. The largest absolute Gasteiger partial charge is 0.481 e. The molecule has 0 aromatic carbocycles. The lowest BCUT2D eigenvalue weighted by Gasteiger charge is -2.31. The van der Waals surface area contributed by atoms with Crippen LogP contribution in [-0.2, 0) is 11.3 Å². The third-order valence-electron chi connectivity index (χ3n) is 4.72. The molecule has 0 bridgehead atoms. The van der Waals surface area contributed by atoms with Gasteiger partial charge in [0.25, 0.3) is 0 Å². The number of aromatic amines is 1. The van der Waals surface area contributed by atoms with Crippen molar-refractivity contribution in [2.75, 3.05) is 20.3 Å². The van der Waals surface area contributed by atoms with Gasteiger partial charge in [0, 0.05) is 43.6 Å². The highest BCUT2D eigenvalue weighted by Crippen LogP contribution is 2.32. The van der Waals surface area contributed by atoms with Crippen molar-refractivity contribution in [2.45, 2.75) is 39.3 Å². The first-order valence-corrected chi connectivity index (χ1v) is 8.51. The van der Waals surface area contributed by atoms with Gasteiger partial charge in [0.15, 0.2) is 0 Å². The van der Waals surface area contributed by atoms with Gasteiger partial charge < -0.3 is 14.8 Å². The van der Waals surface area contributed by atoms with E-state index in [1.807, 2.05) is 19.1 Å². The Morgan fingerprint density at radius 2 is 2.29 bits per heavy atom. The number of rotatable bonds is 6. The van der Waals surface area contributed by atoms with Crippen molar-refractivity contribution in [1.82, 2.24) is 20.5 Å². The molecule has 1 fully saturated rings. The molecule has 1 saturated heterocycles. The zero-order chi connectivity index (χ0) is 16.9. The van der Waals surface area contributed by atoms with Crippen LogP contribution in [0, 0.1) is 19.8 Å². The average molecular weight is 330 g/mol. The SMILES string of the molecule is COc1cc(C)c(CNC[C@@H]2CCCO[C@H]2c2ccn[nH]2)c(C)n1. The summed E-state index contributed by atoms with van der Waals surface area (Å²) in [5, 5.41) is 10.7. The number of methoxy groups -OCH3 is 1. The van der Waals surface area contributed by atoms with E-state index in [1.165, 1.54) is 11.1 Å². The Morgan fingerprint density at radius 1 is 1.42 bits per heavy atom. The van der Waals surface area contributed by atoms with Gasteiger partial charge in [-0.2, -0.15) is 5.10 Å². The van der Waals surface area contributed by atoms with Gasteiger partial charge in [-0.25, -0.2) is 4.98 Å². The van der Waals surface area contributed by atoms with Crippen LogP contribution in [-0.4, -0.2) is 35.4 Å². The second kappa shape index (κ2) is 7.77. The fourth-order valence-corrected chi connectivity index (χ4v) is 3.40. The van der Waals surface area contributed by atoms with E-state index in [-0.39, 0.29) is 6.10 Å². The maximum atomic E-state index is 5.98. The summed E-state index contributed by atoms with van der Waals surface area (Å²) >= 11 is 0. The second-order valence-electron chi connectivity index (χ2n) is 6.38. The van der Waals surface area contributed by atoms with E-state index in [1.54, 1.807) is 13.3 Å². The third kappa shape index (κ3) is 3.76. The van der Waals surface area contributed by atoms with E-state index in [0.29, 0.717) is 11.8 Å². The van der Waals surface area contributed by atoms with Gasteiger partial charge in [-0.15, -0.1) is 0 Å². The molecule has 0 radical (unpaired) electrons. The van der Waals surface area contributed by atoms with Crippen LogP contribution in [0.2, 0.25) is 0 Å². The van der Waals surface area contributed by atoms with E-state index >= 15 is 0 Å². The molecule has 2 N–H and O–H groups in total. The Balaban J connectivity index is 1.61. The topological polar surface area (TPSA) is 72.1 Å². The van der Waals surface area contributed by atoms with Crippen LogP contribution < -0.4 is 10.1 Å². The number of aromatic nitrogens is 3. The first kappa shape index (κ1) is 16.9. The van der Waals surface area contributed by atoms with Gasteiger partial charge in [0.2, 0.25) is 5.88 Å². The van der Waals surface area contributed by atoms with Crippen molar-refractivity contribution in [2.24, 2.45) is 5.92 Å². The van der Waals surface area contributed by atoms with Crippen molar-refractivity contribution in [3.63, 3.8) is 0 Å². The minimum atomic E-state index is 0.102. The van der Waals surface area contributed by atoms with E-state index in [2.05, 4.69) is 27.4 Å². The molecule has 6 nitrogen and oxygen atoms in total. The quantitative estimate of drug-likeness (QED) is 0.852. The first-order valence-electron chi connectivity index (χ1n) is 8.51. The Hall–Kier alpha value is -1.92. The number of pyridine rings is 1. The molecule has 1 aliphatic rings. The summed E-state index contributed by atoms with van der Waals surface area (Å²) in [7, 11) is 1.65. The molecular formula is C18H26N4O2. The van der Waals surface area contributed by atoms with E-state index in [4.69, 9.17) is 9.47 Å². The average Bonchev–Trinajstić information content (AvgIpc) is 3.12. The summed E-state index contributed by atoms with van der Waals surface area (Å²) in [6.07, 6.45) is 4.16. The van der Waals surface area contributed by atoms with Gasteiger partial charge in [-0.05, 0) is 43.9 Å². The third-order valence-corrected chi connectivity index (χ3v) is 4.72. The predicted molar refractivity (Wildman–Crippen MR) is 92.0 cm³/mol. The molecule has 130 valence electrons. The molecule has 0 aliphatic carbocycles. The maximum absolute atomic E-state index is 5.98. The first-order chi connectivity index (χ1) is 11.7. The Kier molecular flexibility index (Phi) is 5.48. The molecule has 3 heterocycles. The molecule has 1 aliphatic heterocycles. The lowest BCUT2D eigenvalue weighted by Crippen LogP contribution is -2.32. The number of hydrogen-bond donors (Lipinski definition) is 2. The van der Waals surface area contributed by atoms with Gasteiger partial charge in [0.1, 0.15) is 6.10 Å². The molecule has 2 atom stereocenters. The summed E-state index contributed by atoms with van der Waals surface area (Å²) in [6.45, 7) is 6.67. The smallest absolute Gasteiger partial charge is 0.213 e. The summed E-state index contributed by atoms with van der Waals surface area (Å²) in [5.41, 5.74) is 4.53. The maximum Gasteiger partial charge on any atom is 0.213 e. The zero-order valence-corrected chi connectivity index (χ0v) is 14.6. The van der Waals surface area contributed by atoms with Crippen molar-refractivity contribution in [3.8, 4) is 5.88 Å². The fraction of sp³-hybridized carbons (Fsp3) is 0.556. The van der Waals surface area contributed by atoms with E-state index in [0.717, 1.165) is 43.9 Å². The van der Waals surface area contributed by atoms with E-state index < -0.39 is 0 Å². The molecule has 2 aromatic rings. The van der Waals surface area contributed by atoms with Crippen molar-refractivity contribution < 1.29 is 9.47 Å². The van der Waals surface area contributed by atoms with Crippen LogP contribution in [0.5, 0.6) is 5.88 Å². The molecule has 0 saturated carbocycles.